The molecule has 18 heavy (non-hydrogen) atoms. The maximum absolute atomic E-state index is 13.3. The molecule has 1 atom stereocenters. The minimum absolute atomic E-state index is 0.0144. The Hall–Kier alpha value is -1.87. The van der Waals surface area contributed by atoms with Crippen LogP contribution in [0.3, 0.4) is 0 Å². The molecule has 0 radical (unpaired) electrons. The molecule has 0 amide bonds. The number of para-hydroxylation sites is 1. The molecule has 1 N–H and O–H groups in total. The van der Waals surface area contributed by atoms with Crippen molar-refractivity contribution >= 4 is 0 Å². The number of hydrogen-bond acceptors (Lipinski definition) is 2. The third-order valence-electron chi connectivity index (χ3n) is 3.12. The first-order chi connectivity index (χ1) is 8.84. The summed E-state index contributed by atoms with van der Waals surface area (Å²) in [5, 5.41) is 3.39. The molecule has 0 aromatic heterocycles. The SMILES string of the molecule is Fc1cccc(C2NCCOc3ccccc32)c1. The van der Waals surface area contributed by atoms with Crippen LogP contribution in [0, 0.1) is 5.82 Å². The van der Waals surface area contributed by atoms with E-state index < -0.39 is 0 Å². The van der Waals surface area contributed by atoms with Gasteiger partial charge in [0.25, 0.3) is 0 Å². The van der Waals surface area contributed by atoms with Gasteiger partial charge >= 0.3 is 0 Å². The lowest BCUT2D eigenvalue weighted by atomic mass is 9.98. The molecule has 2 aromatic rings. The molecule has 3 rings (SSSR count). The van der Waals surface area contributed by atoms with Crippen molar-refractivity contribution in [3.63, 3.8) is 0 Å². The van der Waals surface area contributed by atoms with Gasteiger partial charge in [0.2, 0.25) is 0 Å². The molecule has 0 spiro atoms. The lowest BCUT2D eigenvalue weighted by molar-refractivity contribution is 0.325. The van der Waals surface area contributed by atoms with Gasteiger partial charge in [-0.3, -0.25) is 0 Å². The highest BCUT2D eigenvalue weighted by molar-refractivity contribution is 5.42. The molecular formula is C15H14FNO. The van der Waals surface area contributed by atoms with E-state index in [9.17, 15) is 4.39 Å². The Bertz CT molecular complexity index is 556. The Morgan fingerprint density at radius 2 is 2.00 bits per heavy atom. The molecule has 3 heteroatoms. The van der Waals surface area contributed by atoms with E-state index in [1.165, 1.54) is 6.07 Å². The van der Waals surface area contributed by atoms with E-state index in [0.29, 0.717) is 6.61 Å². The van der Waals surface area contributed by atoms with E-state index in [1.54, 1.807) is 12.1 Å². The van der Waals surface area contributed by atoms with Crippen LogP contribution in [-0.2, 0) is 0 Å². The third-order valence-corrected chi connectivity index (χ3v) is 3.12. The van der Waals surface area contributed by atoms with E-state index >= 15 is 0 Å². The topological polar surface area (TPSA) is 21.3 Å². The van der Waals surface area contributed by atoms with Crippen molar-refractivity contribution in [2.45, 2.75) is 6.04 Å². The Kier molecular flexibility index (Phi) is 2.99. The fourth-order valence-corrected chi connectivity index (χ4v) is 2.31. The van der Waals surface area contributed by atoms with Crippen molar-refractivity contribution in [1.29, 1.82) is 0 Å². The second kappa shape index (κ2) is 4.78. The van der Waals surface area contributed by atoms with Gasteiger partial charge in [-0.2, -0.15) is 0 Å². The molecule has 1 unspecified atom stereocenters. The zero-order valence-corrected chi connectivity index (χ0v) is 9.90. The van der Waals surface area contributed by atoms with Crippen molar-refractivity contribution in [2.75, 3.05) is 13.2 Å². The summed E-state index contributed by atoms with van der Waals surface area (Å²) >= 11 is 0. The van der Waals surface area contributed by atoms with Crippen LogP contribution >= 0.6 is 0 Å². The van der Waals surface area contributed by atoms with Gasteiger partial charge in [-0.1, -0.05) is 30.3 Å². The minimum Gasteiger partial charge on any atom is -0.492 e. The molecule has 1 aliphatic heterocycles. The smallest absolute Gasteiger partial charge is 0.124 e. The number of nitrogens with one attached hydrogen (secondary N) is 1. The predicted octanol–water partition coefficient (Wildman–Crippen LogP) is 2.90. The number of fused-ring (bicyclic) bond motifs is 1. The summed E-state index contributed by atoms with van der Waals surface area (Å²) in [4.78, 5) is 0. The van der Waals surface area contributed by atoms with Crippen LogP contribution in [0.15, 0.2) is 48.5 Å². The van der Waals surface area contributed by atoms with Crippen molar-refractivity contribution < 1.29 is 9.13 Å². The molecule has 1 aliphatic rings. The summed E-state index contributed by atoms with van der Waals surface area (Å²) < 4.78 is 19.0. The van der Waals surface area contributed by atoms with Crippen LogP contribution in [0.25, 0.3) is 0 Å². The van der Waals surface area contributed by atoms with E-state index in [0.717, 1.165) is 23.4 Å². The zero-order chi connectivity index (χ0) is 12.4. The van der Waals surface area contributed by atoms with Crippen molar-refractivity contribution in [1.82, 2.24) is 5.32 Å². The Morgan fingerprint density at radius 1 is 1.11 bits per heavy atom. The lowest BCUT2D eigenvalue weighted by Crippen LogP contribution is -2.23. The van der Waals surface area contributed by atoms with Gasteiger partial charge in [-0.15, -0.1) is 0 Å². The summed E-state index contributed by atoms with van der Waals surface area (Å²) in [5.41, 5.74) is 1.98. The number of hydrogen-bond donors (Lipinski definition) is 1. The quantitative estimate of drug-likeness (QED) is 0.831. The summed E-state index contributed by atoms with van der Waals surface area (Å²) in [6.45, 7) is 1.37. The Morgan fingerprint density at radius 3 is 2.89 bits per heavy atom. The molecule has 2 aromatic carbocycles. The van der Waals surface area contributed by atoms with Gasteiger partial charge in [-0.25, -0.2) is 4.39 Å². The van der Waals surface area contributed by atoms with Crippen molar-refractivity contribution in [3.8, 4) is 5.75 Å². The molecule has 0 saturated carbocycles. The highest BCUT2D eigenvalue weighted by Crippen LogP contribution is 2.31. The molecule has 0 aliphatic carbocycles. The van der Waals surface area contributed by atoms with E-state index in [4.69, 9.17) is 4.74 Å². The first kappa shape index (κ1) is 11.2. The van der Waals surface area contributed by atoms with Crippen molar-refractivity contribution in [2.24, 2.45) is 0 Å². The maximum atomic E-state index is 13.3. The summed E-state index contributed by atoms with van der Waals surface area (Å²) in [7, 11) is 0. The molecular weight excluding hydrogens is 229 g/mol. The maximum Gasteiger partial charge on any atom is 0.124 e. The molecule has 0 fully saturated rings. The van der Waals surface area contributed by atoms with E-state index in [-0.39, 0.29) is 11.9 Å². The average Bonchev–Trinajstić information content (AvgIpc) is 2.61. The largest absolute Gasteiger partial charge is 0.492 e. The summed E-state index contributed by atoms with van der Waals surface area (Å²) in [6.07, 6.45) is 0. The van der Waals surface area contributed by atoms with Crippen LogP contribution in [-0.4, -0.2) is 13.2 Å². The third kappa shape index (κ3) is 2.09. The Balaban J connectivity index is 2.06. The van der Waals surface area contributed by atoms with Crippen LogP contribution < -0.4 is 10.1 Å². The van der Waals surface area contributed by atoms with Crippen LogP contribution in [0.1, 0.15) is 17.2 Å². The fourth-order valence-electron chi connectivity index (χ4n) is 2.31. The van der Waals surface area contributed by atoms with E-state index in [2.05, 4.69) is 5.32 Å². The molecule has 0 saturated heterocycles. The summed E-state index contributed by atoms with van der Waals surface area (Å²) in [6, 6.07) is 14.6. The second-order valence-electron chi connectivity index (χ2n) is 4.33. The van der Waals surface area contributed by atoms with Gasteiger partial charge in [-0.05, 0) is 23.8 Å². The van der Waals surface area contributed by atoms with Crippen LogP contribution in [0.2, 0.25) is 0 Å². The standard InChI is InChI=1S/C15H14FNO/c16-12-5-3-4-11(10-12)15-13-6-1-2-7-14(13)18-9-8-17-15/h1-7,10,15,17H,8-9H2. The first-order valence-corrected chi connectivity index (χ1v) is 6.05. The van der Waals surface area contributed by atoms with Crippen LogP contribution in [0.5, 0.6) is 5.75 Å². The average molecular weight is 243 g/mol. The molecule has 0 bridgehead atoms. The molecule has 92 valence electrons. The van der Waals surface area contributed by atoms with Gasteiger partial charge in [0.05, 0.1) is 6.04 Å². The predicted molar refractivity (Wildman–Crippen MR) is 68.2 cm³/mol. The lowest BCUT2D eigenvalue weighted by Gasteiger charge is -2.18. The van der Waals surface area contributed by atoms with Gasteiger partial charge in [0.15, 0.2) is 0 Å². The summed E-state index contributed by atoms with van der Waals surface area (Å²) in [5.74, 6) is 0.661. The minimum atomic E-state index is -0.211. The van der Waals surface area contributed by atoms with Gasteiger partial charge in [0, 0.05) is 12.1 Å². The number of ether oxygens (including phenoxy) is 1. The Labute approximate surface area is 105 Å². The molecule has 1 heterocycles. The van der Waals surface area contributed by atoms with Crippen molar-refractivity contribution in [3.05, 3.63) is 65.5 Å². The highest BCUT2D eigenvalue weighted by atomic mass is 19.1. The fraction of sp³-hybridized carbons (Fsp3) is 0.200. The monoisotopic (exact) mass is 243 g/mol. The normalized spacial score (nSPS) is 18.6. The molecule has 2 nitrogen and oxygen atoms in total. The number of halogens is 1. The van der Waals surface area contributed by atoms with E-state index in [1.807, 2.05) is 30.3 Å². The van der Waals surface area contributed by atoms with Crippen LogP contribution in [0.4, 0.5) is 4.39 Å². The second-order valence-corrected chi connectivity index (χ2v) is 4.33. The number of benzene rings is 2. The number of rotatable bonds is 1. The highest BCUT2D eigenvalue weighted by Gasteiger charge is 2.20. The first-order valence-electron chi connectivity index (χ1n) is 6.05. The van der Waals surface area contributed by atoms with Gasteiger partial charge in [0.1, 0.15) is 18.2 Å². The zero-order valence-electron chi connectivity index (χ0n) is 9.90. The van der Waals surface area contributed by atoms with Gasteiger partial charge < -0.3 is 10.1 Å².